The summed E-state index contributed by atoms with van der Waals surface area (Å²) < 4.78 is 4.70. The van der Waals surface area contributed by atoms with E-state index in [0.717, 1.165) is 0 Å². The first-order valence-electron chi connectivity index (χ1n) is 3.64. The first-order chi connectivity index (χ1) is 5.57. The Balaban J connectivity index is 2.63. The van der Waals surface area contributed by atoms with Crippen molar-refractivity contribution in [1.82, 2.24) is 0 Å². The standard InChI is InChI=1S/C6H13NO5/c7-3-5(10)4(9)2(1-8)12-6(3)11/h2-6,8-11H,1,7H2/t2-,3+,4-,5+,6-/m0/s1. The van der Waals surface area contributed by atoms with E-state index in [2.05, 4.69) is 0 Å². The van der Waals surface area contributed by atoms with Gasteiger partial charge in [-0.1, -0.05) is 0 Å². The van der Waals surface area contributed by atoms with Crippen LogP contribution in [0.3, 0.4) is 0 Å². The van der Waals surface area contributed by atoms with Crippen LogP contribution in [-0.4, -0.2) is 57.7 Å². The monoisotopic (exact) mass is 179 g/mol. The van der Waals surface area contributed by atoms with Crippen LogP contribution in [0.1, 0.15) is 0 Å². The minimum absolute atomic E-state index is 0.470. The van der Waals surface area contributed by atoms with Crippen molar-refractivity contribution in [3.8, 4) is 0 Å². The second-order valence-electron chi connectivity index (χ2n) is 2.81. The van der Waals surface area contributed by atoms with Gasteiger partial charge >= 0.3 is 0 Å². The number of aliphatic hydroxyl groups is 4. The molecule has 0 aromatic rings. The maximum atomic E-state index is 9.20. The van der Waals surface area contributed by atoms with Crippen LogP contribution >= 0.6 is 0 Å². The molecule has 0 aliphatic carbocycles. The molecular weight excluding hydrogens is 166 g/mol. The van der Waals surface area contributed by atoms with Gasteiger partial charge in [0.1, 0.15) is 18.3 Å². The van der Waals surface area contributed by atoms with Crippen molar-refractivity contribution in [2.75, 3.05) is 6.61 Å². The van der Waals surface area contributed by atoms with E-state index in [0.29, 0.717) is 0 Å². The predicted octanol–water partition coefficient (Wildman–Crippen LogP) is -3.26. The van der Waals surface area contributed by atoms with Gasteiger partial charge in [0.15, 0.2) is 6.29 Å². The average molecular weight is 179 g/mol. The van der Waals surface area contributed by atoms with Gasteiger partial charge in [0, 0.05) is 0 Å². The first kappa shape index (κ1) is 9.85. The topological polar surface area (TPSA) is 116 Å². The molecule has 1 heterocycles. The van der Waals surface area contributed by atoms with Gasteiger partial charge in [-0.2, -0.15) is 0 Å². The molecule has 6 heteroatoms. The van der Waals surface area contributed by atoms with E-state index in [4.69, 9.17) is 20.7 Å². The van der Waals surface area contributed by atoms with Gasteiger partial charge in [-0.15, -0.1) is 0 Å². The Kier molecular flexibility index (Phi) is 2.99. The Morgan fingerprint density at radius 2 is 1.75 bits per heavy atom. The Labute approximate surface area is 69.2 Å². The first-order valence-corrected chi connectivity index (χ1v) is 3.64. The highest BCUT2D eigenvalue weighted by Crippen LogP contribution is 2.17. The second kappa shape index (κ2) is 3.65. The van der Waals surface area contributed by atoms with E-state index in [-0.39, 0.29) is 0 Å². The fourth-order valence-corrected chi connectivity index (χ4v) is 1.12. The summed E-state index contributed by atoms with van der Waals surface area (Å²) in [5, 5.41) is 36.1. The predicted molar refractivity (Wildman–Crippen MR) is 38.0 cm³/mol. The summed E-state index contributed by atoms with van der Waals surface area (Å²) in [7, 11) is 0. The fourth-order valence-electron chi connectivity index (χ4n) is 1.12. The number of nitrogens with two attached hydrogens (primary N) is 1. The van der Waals surface area contributed by atoms with Crippen LogP contribution in [0.15, 0.2) is 0 Å². The molecule has 1 aliphatic heterocycles. The number of aliphatic hydroxyl groups excluding tert-OH is 4. The molecule has 0 radical (unpaired) electrons. The molecule has 0 amide bonds. The van der Waals surface area contributed by atoms with Crippen molar-refractivity contribution < 1.29 is 25.2 Å². The summed E-state index contributed by atoms with van der Waals surface area (Å²) in [6.45, 7) is -0.470. The van der Waals surface area contributed by atoms with Gasteiger partial charge in [-0.05, 0) is 0 Å². The third-order valence-corrected chi connectivity index (χ3v) is 1.95. The smallest absolute Gasteiger partial charge is 0.173 e. The highest BCUT2D eigenvalue weighted by molar-refractivity contribution is 4.90. The molecule has 6 nitrogen and oxygen atoms in total. The Bertz CT molecular complexity index is 150. The lowest BCUT2D eigenvalue weighted by Crippen LogP contribution is -2.61. The van der Waals surface area contributed by atoms with Crippen molar-refractivity contribution in [2.24, 2.45) is 5.73 Å². The van der Waals surface area contributed by atoms with E-state index in [1.165, 1.54) is 0 Å². The zero-order chi connectivity index (χ0) is 9.30. The number of ether oxygens (including phenoxy) is 1. The van der Waals surface area contributed by atoms with Crippen molar-refractivity contribution in [3.05, 3.63) is 0 Å². The number of hydrogen-bond acceptors (Lipinski definition) is 6. The zero-order valence-corrected chi connectivity index (χ0v) is 6.37. The molecule has 0 aromatic heterocycles. The molecule has 0 aromatic carbocycles. The Morgan fingerprint density at radius 3 is 2.25 bits per heavy atom. The molecule has 12 heavy (non-hydrogen) atoms. The van der Waals surface area contributed by atoms with E-state index in [1.54, 1.807) is 0 Å². The molecular formula is C6H13NO5. The van der Waals surface area contributed by atoms with E-state index >= 15 is 0 Å². The van der Waals surface area contributed by atoms with Crippen molar-refractivity contribution in [1.29, 1.82) is 0 Å². The molecule has 0 saturated carbocycles. The molecule has 1 saturated heterocycles. The van der Waals surface area contributed by atoms with Crippen LogP contribution < -0.4 is 5.73 Å². The second-order valence-corrected chi connectivity index (χ2v) is 2.81. The SMILES string of the molecule is N[C@@H]1[C@@H](O)[C@@H](O)[C@H](CO)O[C@@H]1O. The number of hydrogen-bond donors (Lipinski definition) is 5. The minimum Gasteiger partial charge on any atom is -0.394 e. The summed E-state index contributed by atoms with van der Waals surface area (Å²) in [6.07, 6.45) is -4.85. The van der Waals surface area contributed by atoms with E-state index in [9.17, 15) is 10.2 Å². The van der Waals surface area contributed by atoms with Gasteiger partial charge in [0.25, 0.3) is 0 Å². The maximum Gasteiger partial charge on any atom is 0.173 e. The number of rotatable bonds is 1. The van der Waals surface area contributed by atoms with Gasteiger partial charge in [0.2, 0.25) is 0 Å². The lowest BCUT2D eigenvalue weighted by atomic mass is 9.98. The zero-order valence-electron chi connectivity index (χ0n) is 6.37. The summed E-state index contributed by atoms with van der Waals surface area (Å²) in [5.74, 6) is 0. The summed E-state index contributed by atoms with van der Waals surface area (Å²) >= 11 is 0. The van der Waals surface area contributed by atoms with Crippen LogP contribution in [0.4, 0.5) is 0 Å². The quantitative estimate of drug-likeness (QED) is 0.288. The highest BCUT2D eigenvalue weighted by Gasteiger charge is 2.41. The highest BCUT2D eigenvalue weighted by atomic mass is 16.6. The summed E-state index contributed by atoms with van der Waals surface area (Å²) in [5.41, 5.74) is 5.26. The molecule has 0 bridgehead atoms. The van der Waals surface area contributed by atoms with E-state index in [1.807, 2.05) is 0 Å². The summed E-state index contributed by atoms with van der Waals surface area (Å²) in [6, 6.07) is -1.04. The van der Waals surface area contributed by atoms with Crippen LogP contribution in [0.2, 0.25) is 0 Å². The summed E-state index contributed by atoms with van der Waals surface area (Å²) in [4.78, 5) is 0. The molecule has 0 unspecified atom stereocenters. The molecule has 1 fully saturated rings. The van der Waals surface area contributed by atoms with Crippen LogP contribution in [0, 0.1) is 0 Å². The molecule has 1 aliphatic rings. The molecule has 72 valence electrons. The van der Waals surface area contributed by atoms with Crippen LogP contribution in [-0.2, 0) is 4.74 Å². The van der Waals surface area contributed by atoms with Gasteiger partial charge < -0.3 is 30.9 Å². The third kappa shape index (κ3) is 1.58. The molecule has 1 rings (SSSR count). The fraction of sp³-hybridized carbons (Fsp3) is 1.00. The third-order valence-electron chi connectivity index (χ3n) is 1.95. The van der Waals surface area contributed by atoms with Gasteiger partial charge in [0.05, 0.1) is 12.6 Å². The van der Waals surface area contributed by atoms with Gasteiger partial charge in [-0.25, -0.2) is 0 Å². The largest absolute Gasteiger partial charge is 0.394 e. The lowest BCUT2D eigenvalue weighted by Gasteiger charge is -2.38. The average Bonchev–Trinajstić information content (AvgIpc) is 2.08. The van der Waals surface area contributed by atoms with Crippen molar-refractivity contribution in [2.45, 2.75) is 30.6 Å². The van der Waals surface area contributed by atoms with Crippen LogP contribution in [0.5, 0.6) is 0 Å². The van der Waals surface area contributed by atoms with Crippen molar-refractivity contribution >= 4 is 0 Å². The van der Waals surface area contributed by atoms with Crippen molar-refractivity contribution in [3.63, 3.8) is 0 Å². The Morgan fingerprint density at radius 1 is 1.17 bits per heavy atom. The van der Waals surface area contributed by atoms with Gasteiger partial charge in [-0.3, -0.25) is 0 Å². The molecule has 5 atom stereocenters. The lowest BCUT2D eigenvalue weighted by molar-refractivity contribution is -0.248. The normalized spacial score (nSPS) is 49.2. The maximum absolute atomic E-state index is 9.20. The Hall–Kier alpha value is -0.240. The minimum atomic E-state index is -1.35. The van der Waals surface area contributed by atoms with E-state index < -0.39 is 37.3 Å². The molecule has 0 spiro atoms. The van der Waals surface area contributed by atoms with Crippen LogP contribution in [0.25, 0.3) is 0 Å². The molecule has 6 N–H and O–H groups in total.